The maximum Gasteiger partial charge on any atom is 0.490 e. The Bertz CT molecular complexity index is 1630. The number of rotatable bonds is 24. The zero-order chi connectivity index (χ0) is 46.3. The van der Waals surface area contributed by atoms with Gasteiger partial charge >= 0.3 is 18.1 Å². The monoisotopic (exact) mass is 862 g/mol. The van der Waals surface area contributed by atoms with Gasteiger partial charge in [-0.25, -0.2) is 9.59 Å². The highest BCUT2D eigenvalue weighted by Gasteiger charge is 2.38. The topological polar surface area (TPSA) is 374 Å². The van der Waals surface area contributed by atoms with E-state index in [0.29, 0.717) is 5.56 Å². The van der Waals surface area contributed by atoms with Gasteiger partial charge in [0.15, 0.2) is 5.96 Å². The number of hydrogen-bond acceptors (Lipinski definition) is 11. The first-order valence-corrected chi connectivity index (χ1v) is 18.6. The molecule has 6 atom stereocenters. The number of aliphatic hydroxyl groups excluding tert-OH is 1. The Hall–Kier alpha value is -6.04. The highest BCUT2D eigenvalue weighted by atomic mass is 19.4. The van der Waals surface area contributed by atoms with Crippen LogP contribution >= 0.6 is 0 Å². The maximum atomic E-state index is 13.8. The van der Waals surface area contributed by atoms with Crippen molar-refractivity contribution in [1.82, 2.24) is 26.6 Å². The normalized spacial score (nSPS) is 14.1. The van der Waals surface area contributed by atoms with Crippen LogP contribution in [0.4, 0.5) is 13.2 Å². The van der Waals surface area contributed by atoms with Crippen molar-refractivity contribution in [1.29, 1.82) is 0 Å². The van der Waals surface area contributed by atoms with E-state index in [0.717, 1.165) is 0 Å². The van der Waals surface area contributed by atoms with Gasteiger partial charge in [-0.3, -0.25) is 33.8 Å². The number of carbonyl (C=O) groups excluding carboxylic acids is 6. The third kappa shape index (κ3) is 22.8. The van der Waals surface area contributed by atoms with Gasteiger partial charge in [0.2, 0.25) is 35.4 Å². The molecule has 0 unspecified atom stereocenters. The molecule has 1 aromatic carbocycles. The van der Waals surface area contributed by atoms with Crippen molar-refractivity contribution in [3.05, 3.63) is 35.9 Å². The summed E-state index contributed by atoms with van der Waals surface area (Å²) in [6.07, 6.45) is -5.37. The van der Waals surface area contributed by atoms with Crippen LogP contribution in [0.1, 0.15) is 65.4 Å². The van der Waals surface area contributed by atoms with Crippen LogP contribution in [0.3, 0.4) is 0 Å². The van der Waals surface area contributed by atoms with Crippen molar-refractivity contribution in [2.24, 2.45) is 39.8 Å². The number of nitrogens with one attached hydrogen (secondary N) is 5. The molecule has 0 aliphatic heterocycles. The Morgan fingerprint density at radius 1 is 0.683 bits per heavy atom. The fourth-order valence-electron chi connectivity index (χ4n) is 5.09. The van der Waals surface area contributed by atoms with Gasteiger partial charge in [-0.05, 0) is 43.1 Å². The number of carboxylic acids is 2. The lowest BCUT2D eigenvalue weighted by Crippen LogP contribution is -2.60. The van der Waals surface area contributed by atoms with Crippen LogP contribution in [0.5, 0.6) is 0 Å². The quantitative estimate of drug-likeness (QED) is 0.0296. The highest BCUT2D eigenvalue weighted by molar-refractivity contribution is 5.96. The van der Waals surface area contributed by atoms with Crippen molar-refractivity contribution < 1.29 is 66.8 Å². The molecule has 6 amide bonds. The standard InChI is InChI=1S/C34H56N10O9.C2HF3O2/c1-18(2)13-23(30(49)40-22(11-8-12-39-34(37)38)29(48)44-26(33(52)53)16-27(36)46)42-31(50)24(14-19(3)4)43-32(51)25(41-28(47)21(35)17-45)15-20-9-6-5-7-10-20;3-2(4,5)1(6)7/h5-7,9-10,18-19,21-26,45H,8,11-17,35H2,1-4H3,(H2,36,46)(H,40,49)(H,41,47)(H,42,50)(H,43,51)(H,44,48)(H,52,53)(H4,37,38,39);(H,6,7)/t21-,22-,23-,24-,25-,26-;/m0./s1. The number of aliphatic imine (C=N–C) groups is 1. The summed E-state index contributed by atoms with van der Waals surface area (Å²) in [5.74, 6) is -9.63. The molecule has 1 aromatic rings. The molecule has 16 N–H and O–H groups in total. The van der Waals surface area contributed by atoms with Gasteiger partial charge in [0.25, 0.3) is 0 Å². The van der Waals surface area contributed by atoms with Gasteiger partial charge < -0.3 is 64.8 Å². The van der Waals surface area contributed by atoms with Gasteiger partial charge in [-0.2, -0.15) is 13.2 Å². The Morgan fingerprint density at radius 3 is 1.50 bits per heavy atom. The molecule has 0 fully saturated rings. The highest BCUT2D eigenvalue weighted by Crippen LogP contribution is 2.14. The number of nitrogens with zero attached hydrogens (tertiary/aromatic N) is 1. The predicted octanol–water partition coefficient (Wildman–Crippen LogP) is -2.29. The Kier molecular flexibility index (Phi) is 24.2. The van der Waals surface area contributed by atoms with Crippen molar-refractivity contribution in [3.8, 4) is 0 Å². The molecule has 0 saturated carbocycles. The van der Waals surface area contributed by atoms with E-state index in [1.807, 2.05) is 13.8 Å². The lowest BCUT2D eigenvalue weighted by atomic mass is 9.98. The molecule has 60 heavy (non-hydrogen) atoms. The molecule has 0 bridgehead atoms. The molecule has 0 aromatic heterocycles. The summed E-state index contributed by atoms with van der Waals surface area (Å²) in [5, 5.41) is 38.6. The molecule has 0 heterocycles. The molecule has 0 aliphatic rings. The van der Waals surface area contributed by atoms with E-state index in [9.17, 15) is 56.9 Å². The second kappa shape index (κ2) is 26.9. The first-order chi connectivity index (χ1) is 27.8. The summed E-state index contributed by atoms with van der Waals surface area (Å²) in [6.45, 7) is 6.66. The fraction of sp³-hybridized carbons (Fsp3) is 0.583. The average molecular weight is 863 g/mol. The zero-order valence-electron chi connectivity index (χ0n) is 33.7. The number of carbonyl (C=O) groups is 8. The van der Waals surface area contributed by atoms with Crippen molar-refractivity contribution >= 4 is 53.3 Å². The minimum atomic E-state index is -5.08. The van der Waals surface area contributed by atoms with E-state index in [4.69, 9.17) is 32.8 Å². The lowest BCUT2D eigenvalue weighted by Gasteiger charge is -2.28. The second-order valence-electron chi connectivity index (χ2n) is 14.3. The number of primary amides is 1. The van der Waals surface area contributed by atoms with Gasteiger partial charge in [0.05, 0.1) is 13.0 Å². The van der Waals surface area contributed by atoms with E-state index in [2.05, 4.69) is 31.6 Å². The van der Waals surface area contributed by atoms with Gasteiger partial charge in [0.1, 0.15) is 36.3 Å². The maximum absolute atomic E-state index is 13.8. The van der Waals surface area contributed by atoms with Crippen LogP contribution < -0.4 is 49.5 Å². The van der Waals surface area contributed by atoms with Gasteiger partial charge in [-0.1, -0.05) is 58.0 Å². The molecular weight excluding hydrogens is 805 g/mol. The molecular formula is C36H57F3N10O11. The number of hydrogen-bond donors (Lipinski definition) is 12. The number of aliphatic carboxylic acids is 2. The Labute approximate surface area is 344 Å². The SMILES string of the molecule is CC(C)C[C@H](NC(=O)[C@H](CC(C)C)NC(=O)[C@H](Cc1ccccc1)NC(=O)[C@@H](N)CO)C(=O)N[C@@H](CCCN=C(N)N)C(=O)N[C@@H](CC(N)=O)C(=O)O.O=C(O)C(F)(F)F. The molecule has 0 radical (unpaired) electrons. The molecule has 21 nitrogen and oxygen atoms in total. The smallest absolute Gasteiger partial charge is 0.480 e. The van der Waals surface area contributed by atoms with E-state index in [-0.39, 0.29) is 56.4 Å². The number of amides is 6. The van der Waals surface area contributed by atoms with Crippen LogP contribution in [-0.2, 0) is 44.8 Å². The number of aliphatic hydroxyl groups is 1. The van der Waals surface area contributed by atoms with E-state index in [1.165, 1.54) is 0 Å². The molecule has 24 heteroatoms. The van der Waals surface area contributed by atoms with Crippen molar-refractivity contribution in [3.63, 3.8) is 0 Å². The van der Waals surface area contributed by atoms with Crippen molar-refractivity contribution in [2.45, 2.75) is 109 Å². The summed E-state index contributed by atoms with van der Waals surface area (Å²) in [4.78, 5) is 103. The number of carboxylic acid groups (broad SMARTS) is 2. The average Bonchev–Trinajstić information content (AvgIpc) is 3.13. The molecule has 338 valence electrons. The lowest BCUT2D eigenvalue weighted by molar-refractivity contribution is -0.192. The predicted molar refractivity (Wildman–Crippen MR) is 209 cm³/mol. The number of halogens is 3. The molecule has 0 aliphatic carbocycles. The van der Waals surface area contributed by atoms with Crippen LogP contribution in [0.15, 0.2) is 35.3 Å². The van der Waals surface area contributed by atoms with Crippen LogP contribution in [0.2, 0.25) is 0 Å². The first-order valence-electron chi connectivity index (χ1n) is 18.6. The summed E-state index contributed by atoms with van der Waals surface area (Å²) >= 11 is 0. The molecule has 0 saturated heterocycles. The van der Waals surface area contributed by atoms with E-state index < -0.39 is 103 Å². The largest absolute Gasteiger partial charge is 0.490 e. The van der Waals surface area contributed by atoms with Crippen molar-refractivity contribution in [2.75, 3.05) is 13.2 Å². The molecule has 0 spiro atoms. The summed E-state index contributed by atoms with van der Waals surface area (Å²) in [7, 11) is 0. The summed E-state index contributed by atoms with van der Waals surface area (Å²) in [5.41, 5.74) is 22.3. The minimum absolute atomic E-state index is 0.0414. The van der Waals surface area contributed by atoms with Gasteiger partial charge in [0, 0.05) is 13.0 Å². The molecule has 1 rings (SSSR count). The third-order valence-electron chi connectivity index (χ3n) is 7.97. The Morgan fingerprint density at radius 2 is 1.10 bits per heavy atom. The van der Waals surface area contributed by atoms with E-state index >= 15 is 0 Å². The summed E-state index contributed by atoms with van der Waals surface area (Å²) in [6, 6.07) is 0.928. The number of alkyl halides is 3. The summed E-state index contributed by atoms with van der Waals surface area (Å²) < 4.78 is 31.7. The number of guanidine groups is 1. The van der Waals surface area contributed by atoms with Crippen LogP contribution in [0, 0.1) is 11.8 Å². The Balaban J connectivity index is 0.00000453. The zero-order valence-corrected chi connectivity index (χ0v) is 33.7. The third-order valence-corrected chi connectivity index (χ3v) is 7.97. The van der Waals surface area contributed by atoms with Gasteiger partial charge in [-0.15, -0.1) is 0 Å². The first kappa shape index (κ1) is 54.0. The van der Waals surface area contributed by atoms with E-state index in [1.54, 1.807) is 44.2 Å². The minimum Gasteiger partial charge on any atom is -0.480 e. The number of nitrogens with two attached hydrogens (primary N) is 4. The van der Waals surface area contributed by atoms with Crippen LogP contribution in [0.25, 0.3) is 0 Å². The fourth-order valence-corrected chi connectivity index (χ4v) is 5.09. The second-order valence-corrected chi connectivity index (χ2v) is 14.3. The van der Waals surface area contributed by atoms with Crippen LogP contribution in [-0.4, -0.2) is 124 Å². The number of benzene rings is 1.